The Morgan fingerprint density at radius 2 is 1.95 bits per heavy atom. The van der Waals surface area contributed by atoms with Crippen molar-refractivity contribution in [3.8, 4) is 0 Å². The Morgan fingerprint density at radius 3 is 2.48 bits per heavy atom. The lowest BCUT2D eigenvalue weighted by Gasteiger charge is -2.35. The average Bonchev–Trinajstić information content (AvgIpc) is 3.01. The predicted molar refractivity (Wildman–Crippen MR) is 81.2 cm³/mol. The van der Waals surface area contributed by atoms with E-state index in [1.54, 1.807) is 0 Å². The number of ether oxygens (including phenoxy) is 1. The Balaban J connectivity index is 1.78. The maximum atomic E-state index is 12.2. The molecule has 0 aromatic rings. The van der Waals surface area contributed by atoms with Crippen LogP contribution in [0.15, 0.2) is 0 Å². The summed E-state index contributed by atoms with van der Waals surface area (Å²) in [5.41, 5.74) is -0.549. The number of piperidine rings is 1. The molecule has 0 spiro atoms. The smallest absolute Gasteiger partial charge is 0.251 e. The highest BCUT2D eigenvalue weighted by molar-refractivity contribution is 6.19. The lowest BCUT2D eigenvalue weighted by atomic mass is 9.93. The van der Waals surface area contributed by atoms with Gasteiger partial charge in [-0.3, -0.25) is 9.59 Å². The van der Waals surface area contributed by atoms with Gasteiger partial charge in [0.1, 0.15) is 6.10 Å². The number of hydrogen-bond acceptors (Lipinski definition) is 3. The number of likely N-dealkylation sites (tertiary alicyclic amines) is 1. The Kier molecular flexibility index (Phi) is 5.49. The van der Waals surface area contributed by atoms with Gasteiger partial charge < -0.3 is 15.0 Å². The van der Waals surface area contributed by atoms with Crippen LogP contribution in [0.2, 0.25) is 0 Å². The normalized spacial score (nSPS) is 24.1. The molecular formula is C15H25ClN2O3. The molecule has 120 valence electrons. The van der Waals surface area contributed by atoms with Crippen molar-refractivity contribution in [2.45, 2.75) is 51.7 Å². The second kappa shape index (κ2) is 6.97. The molecular weight excluding hydrogens is 292 g/mol. The van der Waals surface area contributed by atoms with E-state index >= 15 is 0 Å². The number of nitrogens with one attached hydrogen (secondary N) is 1. The number of amides is 2. The zero-order chi connectivity index (χ0) is 15.5. The fourth-order valence-corrected chi connectivity index (χ4v) is 2.78. The van der Waals surface area contributed by atoms with Crippen LogP contribution in [-0.2, 0) is 14.3 Å². The van der Waals surface area contributed by atoms with Crippen LogP contribution in [0.1, 0.15) is 39.5 Å². The van der Waals surface area contributed by atoms with Crippen LogP contribution >= 0.6 is 11.6 Å². The molecule has 0 bridgehead atoms. The largest absolute Gasteiger partial charge is 0.368 e. The fraction of sp³-hybridized carbons (Fsp3) is 0.867. The third-order valence-corrected chi connectivity index (χ3v) is 4.96. The summed E-state index contributed by atoms with van der Waals surface area (Å²) < 4.78 is 5.44. The zero-order valence-corrected chi connectivity index (χ0v) is 13.6. The molecule has 2 fully saturated rings. The van der Waals surface area contributed by atoms with E-state index < -0.39 is 5.41 Å². The van der Waals surface area contributed by atoms with Crippen LogP contribution < -0.4 is 5.32 Å². The zero-order valence-electron chi connectivity index (χ0n) is 12.9. The van der Waals surface area contributed by atoms with Crippen LogP contribution in [0.3, 0.4) is 0 Å². The molecule has 2 heterocycles. The van der Waals surface area contributed by atoms with Gasteiger partial charge in [-0.15, -0.1) is 11.6 Å². The standard InChI is InChI=1S/C15H25ClN2O3/c1-15(2,10-16)14(20)17-11-5-7-18(8-6-11)13(19)12-4-3-9-21-12/h11-12H,3-10H2,1-2H3,(H,17,20). The molecule has 2 rings (SSSR count). The molecule has 0 saturated carbocycles. The molecule has 1 atom stereocenters. The first-order valence-electron chi connectivity index (χ1n) is 7.71. The fourth-order valence-electron chi connectivity index (χ4n) is 2.66. The third kappa shape index (κ3) is 4.10. The SMILES string of the molecule is CC(C)(CCl)C(=O)NC1CCN(C(=O)C2CCCO2)CC1. The summed E-state index contributed by atoms with van der Waals surface area (Å²) >= 11 is 5.82. The molecule has 1 N–H and O–H groups in total. The Bertz CT molecular complexity index is 386. The number of hydrogen-bond donors (Lipinski definition) is 1. The number of carbonyl (C=O) groups excluding carboxylic acids is 2. The van der Waals surface area contributed by atoms with Crippen LogP contribution in [0, 0.1) is 5.41 Å². The van der Waals surface area contributed by atoms with Gasteiger partial charge in [-0.05, 0) is 39.5 Å². The molecule has 0 radical (unpaired) electrons. The average molecular weight is 317 g/mol. The van der Waals surface area contributed by atoms with Crippen molar-refractivity contribution < 1.29 is 14.3 Å². The number of rotatable bonds is 4. The van der Waals surface area contributed by atoms with Gasteiger partial charge >= 0.3 is 0 Å². The maximum Gasteiger partial charge on any atom is 0.251 e. The lowest BCUT2D eigenvalue weighted by molar-refractivity contribution is -0.142. The number of alkyl halides is 1. The Morgan fingerprint density at radius 1 is 1.29 bits per heavy atom. The number of halogens is 1. The monoisotopic (exact) mass is 316 g/mol. The summed E-state index contributed by atoms with van der Waals surface area (Å²) in [5.74, 6) is 0.398. The molecule has 5 nitrogen and oxygen atoms in total. The molecule has 0 aliphatic carbocycles. The Hall–Kier alpha value is -0.810. The molecule has 2 aliphatic rings. The van der Waals surface area contributed by atoms with E-state index in [-0.39, 0.29) is 24.0 Å². The van der Waals surface area contributed by atoms with Gasteiger partial charge in [0, 0.05) is 31.6 Å². The van der Waals surface area contributed by atoms with E-state index in [1.807, 2.05) is 18.7 Å². The summed E-state index contributed by atoms with van der Waals surface area (Å²) in [6, 6.07) is 0.133. The summed E-state index contributed by atoms with van der Waals surface area (Å²) in [5, 5.41) is 3.05. The van der Waals surface area contributed by atoms with Crippen LogP contribution in [0.25, 0.3) is 0 Å². The first kappa shape index (κ1) is 16.6. The van der Waals surface area contributed by atoms with E-state index in [9.17, 15) is 9.59 Å². The van der Waals surface area contributed by atoms with E-state index in [2.05, 4.69) is 5.32 Å². The van der Waals surface area contributed by atoms with Gasteiger partial charge in [-0.2, -0.15) is 0 Å². The summed E-state index contributed by atoms with van der Waals surface area (Å²) in [6.45, 7) is 5.74. The minimum atomic E-state index is -0.549. The molecule has 6 heteroatoms. The van der Waals surface area contributed by atoms with E-state index in [1.165, 1.54) is 0 Å². The van der Waals surface area contributed by atoms with Crippen molar-refractivity contribution in [2.75, 3.05) is 25.6 Å². The van der Waals surface area contributed by atoms with E-state index in [4.69, 9.17) is 16.3 Å². The Labute approximate surface area is 131 Å². The van der Waals surface area contributed by atoms with Gasteiger partial charge in [0.2, 0.25) is 5.91 Å². The highest BCUT2D eigenvalue weighted by atomic mass is 35.5. The first-order valence-corrected chi connectivity index (χ1v) is 8.25. The molecule has 0 aromatic carbocycles. The van der Waals surface area contributed by atoms with Crippen molar-refractivity contribution in [3.05, 3.63) is 0 Å². The van der Waals surface area contributed by atoms with Gasteiger partial charge in [0.05, 0.1) is 5.41 Å². The molecule has 2 aliphatic heterocycles. The van der Waals surface area contributed by atoms with E-state index in [0.717, 1.165) is 25.7 Å². The number of carbonyl (C=O) groups is 2. The van der Waals surface area contributed by atoms with Crippen molar-refractivity contribution in [2.24, 2.45) is 5.41 Å². The summed E-state index contributed by atoms with van der Waals surface area (Å²) in [6.07, 6.45) is 3.15. The maximum absolute atomic E-state index is 12.2. The van der Waals surface area contributed by atoms with Crippen LogP contribution in [-0.4, -0.2) is 54.4 Å². The molecule has 2 amide bonds. The highest BCUT2D eigenvalue weighted by Gasteiger charge is 2.33. The molecule has 21 heavy (non-hydrogen) atoms. The quantitative estimate of drug-likeness (QED) is 0.800. The summed E-state index contributed by atoms with van der Waals surface area (Å²) in [4.78, 5) is 26.2. The minimum absolute atomic E-state index is 0.0126. The van der Waals surface area contributed by atoms with Crippen LogP contribution in [0.4, 0.5) is 0 Å². The first-order chi connectivity index (χ1) is 9.94. The van der Waals surface area contributed by atoms with Crippen LogP contribution in [0.5, 0.6) is 0 Å². The molecule has 0 aromatic heterocycles. The third-order valence-electron chi connectivity index (χ3n) is 4.30. The van der Waals surface area contributed by atoms with E-state index in [0.29, 0.717) is 25.6 Å². The number of nitrogens with zero attached hydrogens (tertiary/aromatic N) is 1. The van der Waals surface area contributed by atoms with Crippen molar-refractivity contribution in [1.82, 2.24) is 10.2 Å². The lowest BCUT2D eigenvalue weighted by Crippen LogP contribution is -2.51. The molecule has 1 unspecified atom stereocenters. The van der Waals surface area contributed by atoms with Gasteiger partial charge in [0.25, 0.3) is 5.91 Å². The van der Waals surface area contributed by atoms with Gasteiger partial charge in [-0.25, -0.2) is 0 Å². The van der Waals surface area contributed by atoms with Crippen molar-refractivity contribution >= 4 is 23.4 Å². The van der Waals surface area contributed by atoms with Crippen molar-refractivity contribution in [1.29, 1.82) is 0 Å². The topological polar surface area (TPSA) is 58.6 Å². The van der Waals surface area contributed by atoms with Gasteiger partial charge in [0.15, 0.2) is 0 Å². The van der Waals surface area contributed by atoms with Crippen molar-refractivity contribution in [3.63, 3.8) is 0 Å². The highest BCUT2D eigenvalue weighted by Crippen LogP contribution is 2.21. The second-order valence-corrected chi connectivity index (χ2v) is 6.86. The minimum Gasteiger partial charge on any atom is -0.368 e. The van der Waals surface area contributed by atoms with Gasteiger partial charge in [-0.1, -0.05) is 0 Å². The predicted octanol–water partition coefficient (Wildman–Crippen LogP) is 1.54. The molecule has 2 saturated heterocycles. The second-order valence-electron chi connectivity index (χ2n) is 6.59. The summed E-state index contributed by atoms with van der Waals surface area (Å²) in [7, 11) is 0.